The first-order valence-electron chi connectivity index (χ1n) is 12.8. The number of anilines is 2. The number of hydrogen-bond donors (Lipinski definition) is 0. The number of unbranched alkanes of at least 4 members (excludes halogenated alkanes) is 2. The average molecular weight is 464 g/mol. The van der Waals surface area contributed by atoms with Crippen molar-refractivity contribution in [2.24, 2.45) is 4.99 Å². The van der Waals surface area contributed by atoms with E-state index in [9.17, 15) is 4.79 Å². The Morgan fingerprint density at radius 2 is 1.66 bits per heavy atom. The summed E-state index contributed by atoms with van der Waals surface area (Å²) in [5.41, 5.74) is 5.00. The number of benzene rings is 4. The molecule has 1 heterocycles. The fourth-order valence-corrected chi connectivity index (χ4v) is 5.37. The fourth-order valence-electron chi connectivity index (χ4n) is 5.37. The highest BCUT2D eigenvalue weighted by Gasteiger charge is 2.24. The number of fused-ring (bicyclic) bond motifs is 1. The maximum absolute atomic E-state index is 12.2. The van der Waals surface area contributed by atoms with Gasteiger partial charge in [-0.25, -0.2) is 4.99 Å². The number of hydrogen-bond acceptors (Lipinski definition) is 4. The molecule has 0 saturated heterocycles. The Labute approximate surface area is 207 Å². The number of carbonyl (C=O) groups excluding carboxylic acids is 1. The summed E-state index contributed by atoms with van der Waals surface area (Å²) in [5, 5.41) is 4.45. The summed E-state index contributed by atoms with van der Waals surface area (Å²) < 4.78 is 0. The summed E-state index contributed by atoms with van der Waals surface area (Å²) >= 11 is 0. The van der Waals surface area contributed by atoms with Crippen LogP contribution in [0.15, 0.2) is 71.7 Å². The lowest BCUT2D eigenvalue weighted by Gasteiger charge is -2.30. The third-order valence-electron chi connectivity index (χ3n) is 7.05. The molecular formula is C31H33N3O. The Balaban J connectivity index is 1.71. The molecule has 0 unspecified atom stereocenters. The first-order valence-corrected chi connectivity index (χ1v) is 12.8. The maximum atomic E-state index is 12.2. The lowest BCUT2D eigenvalue weighted by Crippen LogP contribution is -2.30. The van der Waals surface area contributed by atoms with E-state index in [0.29, 0.717) is 5.56 Å². The Morgan fingerprint density at radius 3 is 2.43 bits per heavy atom. The first-order chi connectivity index (χ1) is 17.2. The molecule has 0 radical (unpaired) electrons. The maximum Gasteiger partial charge on any atom is 0.150 e. The molecule has 1 aliphatic rings. The summed E-state index contributed by atoms with van der Waals surface area (Å²) in [7, 11) is 2.07. The SMILES string of the molecule is CCCCCN(CCC)c1ccc(C2=Nc3cccc4cccc(c34)N2C)c2c(C=O)cccc12. The molecule has 0 N–H and O–H groups in total. The minimum atomic E-state index is 0.706. The highest BCUT2D eigenvalue weighted by Crippen LogP contribution is 2.41. The molecule has 0 aliphatic carbocycles. The molecule has 0 fully saturated rings. The van der Waals surface area contributed by atoms with E-state index in [1.165, 1.54) is 35.7 Å². The number of amidine groups is 1. The Bertz CT molecular complexity index is 1420. The van der Waals surface area contributed by atoms with E-state index in [2.05, 4.69) is 85.3 Å². The lowest BCUT2D eigenvalue weighted by molar-refractivity contribution is 0.112. The molecule has 0 amide bonds. The van der Waals surface area contributed by atoms with Gasteiger partial charge in [-0.15, -0.1) is 0 Å². The molecule has 0 bridgehead atoms. The summed E-state index contributed by atoms with van der Waals surface area (Å²) in [4.78, 5) is 22.0. The molecule has 5 rings (SSSR count). The number of nitrogens with zero attached hydrogens (tertiary/aromatic N) is 3. The molecule has 4 nitrogen and oxygen atoms in total. The van der Waals surface area contributed by atoms with Gasteiger partial charge in [0.1, 0.15) is 5.84 Å². The van der Waals surface area contributed by atoms with Gasteiger partial charge in [-0.1, -0.05) is 69.2 Å². The van der Waals surface area contributed by atoms with Gasteiger partial charge >= 0.3 is 0 Å². The van der Waals surface area contributed by atoms with Crippen LogP contribution in [0.3, 0.4) is 0 Å². The molecule has 1 aliphatic heterocycles. The molecule has 0 atom stereocenters. The van der Waals surface area contributed by atoms with Crippen LogP contribution in [0.25, 0.3) is 21.5 Å². The zero-order valence-corrected chi connectivity index (χ0v) is 20.9. The number of carbonyl (C=O) groups is 1. The van der Waals surface area contributed by atoms with Crippen LogP contribution in [-0.2, 0) is 0 Å². The van der Waals surface area contributed by atoms with Crippen molar-refractivity contribution in [3.63, 3.8) is 0 Å². The van der Waals surface area contributed by atoms with Crippen LogP contribution < -0.4 is 9.80 Å². The third kappa shape index (κ3) is 4.07. The van der Waals surface area contributed by atoms with Gasteiger partial charge in [-0.05, 0) is 42.5 Å². The molecule has 4 aromatic carbocycles. The van der Waals surface area contributed by atoms with Gasteiger partial charge in [0.25, 0.3) is 0 Å². The van der Waals surface area contributed by atoms with Crippen LogP contribution in [0.1, 0.15) is 55.5 Å². The average Bonchev–Trinajstić information content (AvgIpc) is 2.89. The van der Waals surface area contributed by atoms with Gasteiger partial charge in [-0.2, -0.15) is 0 Å². The fraction of sp³-hybridized carbons (Fsp3) is 0.290. The van der Waals surface area contributed by atoms with E-state index >= 15 is 0 Å². The molecule has 0 aromatic heterocycles. The molecule has 0 spiro atoms. The van der Waals surface area contributed by atoms with Crippen molar-refractivity contribution in [3.05, 3.63) is 77.9 Å². The van der Waals surface area contributed by atoms with Crippen LogP contribution in [0.2, 0.25) is 0 Å². The largest absolute Gasteiger partial charge is 0.371 e. The normalized spacial score (nSPS) is 12.8. The molecule has 35 heavy (non-hydrogen) atoms. The van der Waals surface area contributed by atoms with E-state index in [1.54, 1.807) is 0 Å². The van der Waals surface area contributed by atoms with Crippen molar-refractivity contribution in [1.29, 1.82) is 0 Å². The smallest absolute Gasteiger partial charge is 0.150 e. The number of aliphatic imine (C=N–C) groups is 1. The minimum absolute atomic E-state index is 0.706. The van der Waals surface area contributed by atoms with E-state index in [1.807, 2.05) is 12.1 Å². The van der Waals surface area contributed by atoms with E-state index < -0.39 is 0 Å². The van der Waals surface area contributed by atoms with Gasteiger partial charge in [0.15, 0.2) is 6.29 Å². The van der Waals surface area contributed by atoms with Crippen LogP contribution in [-0.4, -0.2) is 32.3 Å². The summed E-state index contributed by atoms with van der Waals surface area (Å²) in [6.45, 7) is 6.49. The Kier molecular flexibility index (Phi) is 6.54. The predicted molar refractivity (Wildman–Crippen MR) is 150 cm³/mol. The van der Waals surface area contributed by atoms with E-state index in [0.717, 1.165) is 59.3 Å². The van der Waals surface area contributed by atoms with Crippen molar-refractivity contribution in [1.82, 2.24) is 0 Å². The second kappa shape index (κ2) is 9.91. The molecule has 4 heteroatoms. The van der Waals surface area contributed by atoms with Crippen molar-refractivity contribution < 1.29 is 4.79 Å². The van der Waals surface area contributed by atoms with Crippen LogP contribution in [0, 0.1) is 0 Å². The van der Waals surface area contributed by atoms with E-state index in [-0.39, 0.29) is 0 Å². The van der Waals surface area contributed by atoms with E-state index in [4.69, 9.17) is 4.99 Å². The van der Waals surface area contributed by atoms with Crippen LogP contribution in [0.4, 0.5) is 17.1 Å². The van der Waals surface area contributed by atoms with Gasteiger partial charge in [0.2, 0.25) is 0 Å². The van der Waals surface area contributed by atoms with Gasteiger partial charge in [0, 0.05) is 53.1 Å². The zero-order chi connectivity index (χ0) is 24.4. The number of aldehydes is 1. The predicted octanol–water partition coefficient (Wildman–Crippen LogP) is 7.74. The van der Waals surface area contributed by atoms with Gasteiger partial charge < -0.3 is 9.80 Å². The van der Waals surface area contributed by atoms with Crippen molar-refractivity contribution in [3.8, 4) is 0 Å². The summed E-state index contributed by atoms with van der Waals surface area (Å²) in [6, 6.07) is 23.1. The highest BCUT2D eigenvalue weighted by molar-refractivity contribution is 6.26. The van der Waals surface area contributed by atoms with Gasteiger partial charge in [0.05, 0.1) is 11.4 Å². The second-order valence-corrected chi connectivity index (χ2v) is 9.36. The quantitative estimate of drug-likeness (QED) is 0.188. The first kappa shape index (κ1) is 23.1. The van der Waals surface area contributed by atoms with Crippen molar-refractivity contribution in [2.45, 2.75) is 39.5 Å². The van der Waals surface area contributed by atoms with Crippen LogP contribution >= 0.6 is 0 Å². The molecule has 178 valence electrons. The zero-order valence-electron chi connectivity index (χ0n) is 20.9. The molecule has 4 aromatic rings. The van der Waals surface area contributed by atoms with Gasteiger partial charge in [-0.3, -0.25) is 4.79 Å². The summed E-state index contributed by atoms with van der Waals surface area (Å²) in [5.74, 6) is 0.870. The third-order valence-corrected chi connectivity index (χ3v) is 7.05. The molecule has 0 saturated carbocycles. The minimum Gasteiger partial charge on any atom is -0.371 e. The molecular weight excluding hydrogens is 430 g/mol. The topological polar surface area (TPSA) is 35.9 Å². The Morgan fingerprint density at radius 1 is 0.857 bits per heavy atom. The highest BCUT2D eigenvalue weighted by atomic mass is 16.1. The lowest BCUT2D eigenvalue weighted by atomic mass is 9.95. The standard InChI is InChI=1S/C31H33N3O/c1-4-6-7-20-34(19-5-2)27-18-17-25(29-23(21-35)13-8-14-24(27)29)31-32-26-15-9-11-22-12-10-16-28(30(22)26)33(31)3/h8-18,21H,4-7,19-20H2,1-3H3. The van der Waals surface area contributed by atoms with Crippen molar-refractivity contribution >= 4 is 50.7 Å². The van der Waals surface area contributed by atoms with Crippen LogP contribution in [0.5, 0.6) is 0 Å². The second-order valence-electron chi connectivity index (χ2n) is 9.36. The number of rotatable bonds is 9. The summed E-state index contributed by atoms with van der Waals surface area (Å²) in [6.07, 6.45) is 5.66. The monoisotopic (exact) mass is 463 g/mol. The Hall–Kier alpha value is -3.66. The van der Waals surface area contributed by atoms with Crippen molar-refractivity contribution in [2.75, 3.05) is 29.9 Å².